The van der Waals surface area contributed by atoms with Crippen LogP contribution >= 0.6 is 0 Å². The number of fused-ring (bicyclic) bond motifs is 1. The van der Waals surface area contributed by atoms with E-state index in [1.807, 2.05) is 35.1 Å². The molecule has 1 aliphatic heterocycles. The van der Waals surface area contributed by atoms with Gasteiger partial charge in [0, 0.05) is 12.1 Å². The van der Waals surface area contributed by atoms with Crippen molar-refractivity contribution >= 4 is 10.8 Å². The van der Waals surface area contributed by atoms with Crippen molar-refractivity contribution in [2.75, 3.05) is 13.1 Å². The van der Waals surface area contributed by atoms with Crippen molar-refractivity contribution in [2.24, 2.45) is 5.92 Å². The number of aromatic nitrogens is 4. The zero-order valence-corrected chi connectivity index (χ0v) is 15.7. The Bertz CT molecular complexity index is 1070. The summed E-state index contributed by atoms with van der Waals surface area (Å²) >= 11 is 0. The lowest BCUT2D eigenvalue weighted by atomic mass is 9.87. The number of benzene rings is 3. The summed E-state index contributed by atoms with van der Waals surface area (Å²) in [6.07, 6.45) is 2.34. The second-order valence-corrected chi connectivity index (χ2v) is 7.46. The summed E-state index contributed by atoms with van der Waals surface area (Å²) in [5.41, 5.74) is 2.23. The summed E-state index contributed by atoms with van der Waals surface area (Å²) < 4.78 is 0. The molecule has 1 aromatic heterocycles. The fourth-order valence-electron chi connectivity index (χ4n) is 4.18. The van der Waals surface area contributed by atoms with Crippen molar-refractivity contribution in [1.82, 2.24) is 25.5 Å². The highest BCUT2D eigenvalue weighted by molar-refractivity contribution is 5.83. The third-order valence-electron chi connectivity index (χ3n) is 5.61. The summed E-state index contributed by atoms with van der Waals surface area (Å²) in [5.74, 6) is 1.11. The van der Waals surface area contributed by atoms with E-state index >= 15 is 0 Å². The van der Waals surface area contributed by atoms with Crippen molar-refractivity contribution < 1.29 is 0 Å². The van der Waals surface area contributed by atoms with Crippen LogP contribution in [0.1, 0.15) is 24.4 Å². The van der Waals surface area contributed by atoms with Crippen LogP contribution in [-0.4, -0.2) is 33.3 Å². The molecule has 0 unspecified atom stereocenters. The number of nitrogens with zero attached hydrogens (tertiary/aromatic N) is 4. The second-order valence-electron chi connectivity index (χ2n) is 7.46. The number of hydrogen-bond donors (Lipinski definition) is 1. The normalized spacial score (nSPS) is 18.2. The first kappa shape index (κ1) is 17.1. The smallest absolute Gasteiger partial charge is 0.204 e. The van der Waals surface area contributed by atoms with Crippen LogP contribution < -0.4 is 5.32 Å². The first-order valence-electron chi connectivity index (χ1n) is 9.93. The molecule has 5 nitrogen and oxygen atoms in total. The van der Waals surface area contributed by atoms with Gasteiger partial charge in [-0.15, -0.1) is 10.2 Å². The second kappa shape index (κ2) is 7.52. The van der Waals surface area contributed by atoms with Crippen molar-refractivity contribution in [1.29, 1.82) is 0 Å². The first-order valence-corrected chi connectivity index (χ1v) is 9.93. The molecule has 140 valence electrons. The lowest BCUT2D eigenvalue weighted by Gasteiger charge is -2.30. The minimum atomic E-state index is 0.0716. The topological polar surface area (TPSA) is 55.6 Å². The lowest BCUT2D eigenvalue weighted by Crippen LogP contribution is -2.36. The Balaban J connectivity index is 1.57. The van der Waals surface area contributed by atoms with Crippen LogP contribution in [0.25, 0.3) is 22.2 Å². The van der Waals surface area contributed by atoms with Gasteiger partial charge < -0.3 is 5.32 Å². The fourth-order valence-corrected chi connectivity index (χ4v) is 4.18. The highest BCUT2D eigenvalue weighted by Crippen LogP contribution is 2.32. The Morgan fingerprint density at radius 3 is 2.57 bits per heavy atom. The maximum absolute atomic E-state index is 4.78. The van der Waals surface area contributed by atoms with Gasteiger partial charge in [0.1, 0.15) is 6.04 Å². The average Bonchev–Trinajstić information content (AvgIpc) is 3.25. The van der Waals surface area contributed by atoms with Crippen molar-refractivity contribution in [2.45, 2.75) is 18.9 Å². The number of piperidine rings is 1. The van der Waals surface area contributed by atoms with Crippen LogP contribution in [0, 0.1) is 5.92 Å². The SMILES string of the molecule is c1ccc(-c2nnn([C@@H](c3ccc4ccccc4c3)[C@@H]3CCCNC3)n2)cc1. The standard InChI is InChI=1S/C23H23N5/c1-2-8-18(9-3-1)23-25-27-28(26-23)22(21-11-6-14-24-16-21)20-13-12-17-7-4-5-10-19(17)15-20/h1-5,7-10,12-13,15,21-22,24H,6,11,14,16H2/t21-,22+/m1/s1. The molecule has 4 aromatic rings. The number of nitrogens with one attached hydrogen (secondary N) is 1. The molecule has 1 saturated heterocycles. The predicted octanol–water partition coefficient (Wildman–Crippen LogP) is 4.08. The maximum atomic E-state index is 4.78. The molecule has 0 saturated carbocycles. The monoisotopic (exact) mass is 369 g/mol. The minimum Gasteiger partial charge on any atom is -0.316 e. The van der Waals surface area contributed by atoms with E-state index in [1.54, 1.807) is 0 Å². The van der Waals surface area contributed by atoms with E-state index in [2.05, 4.69) is 58.1 Å². The third-order valence-corrected chi connectivity index (χ3v) is 5.61. The van der Waals surface area contributed by atoms with E-state index in [0.29, 0.717) is 11.7 Å². The van der Waals surface area contributed by atoms with Gasteiger partial charge in [0.25, 0.3) is 0 Å². The van der Waals surface area contributed by atoms with Gasteiger partial charge in [-0.3, -0.25) is 0 Å². The first-order chi connectivity index (χ1) is 13.9. The molecule has 0 bridgehead atoms. The average molecular weight is 369 g/mol. The van der Waals surface area contributed by atoms with Gasteiger partial charge >= 0.3 is 0 Å². The zero-order valence-electron chi connectivity index (χ0n) is 15.7. The predicted molar refractivity (Wildman–Crippen MR) is 111 cm³/mol. The van der Waals surface area contributed by atoms with Crippen molar-refractivity contribution in [3.8, 4) is 11.4 Å². The lowest BCUT2D eigenvalue weighted by molar-refractivity contribution is 0.261. The Morgan fingerprint density at radius 2 is 1.75 bits per heavy atom. The van der Waals surface area contributed by atoms with Gasteiger partial charge in [-0.25, -0.2) is 0 Å². The Morgan fingerprint density at radius 1 is 0.929 bits per heavy atom. The Labute approximate surface area is 164 Å². The van der Waals surface area contributed by atoms with E-state index in [1.165, 1.54) is 22.8 Å². The molecule has 28 heavy (non-hydrogen) atoms. The Hall–Kier alpha value is -3.05. The van der Waals surface area contributed by atoms with E-state index in [9.17, 15) is 0 Å². The van der Waals surface area contributed by atoms with Crippen LogP contribution in [0.15, 0.2) is 72.8 Å². The van der Waals surface area contributed by atoms with E-state index in [0.717, 1.165) is 25.1 Å². The van der Waals surface area contributed by atoms with E-state index < -0.39 is 0 Å². The van der Waals surface area contributed by atoms with Crippen LogP contribution in [-0.2, 0) is 0 Å². The molecule has 0 spiro atoms. The molecule has 5 rings (SSSR count). The van der Waals surface area contributed by atoms with Gasteiger partial charge in [0.15, 0.2) is 0 Å². The molecule has 1 N–H and O–H groups in total. The highest BCUT2D eigenvalue weighted by atomic mass is 15.6. The van der Waals surface area contributed by atoms with Gasteiger partial charge in [0.05, 0.1) is 0 Å². The Kier molecular flexibility index (Phi) is 4.59. The van der Waals surface area contributed by atoms with Crippen LogP contribution in [0.2, 0.25) is 0 Å². The van der Waals surface area contributed by atoms with Crippen LogP contribution in [0.4, 0.5) is 0 Å². The minimum absolute atomic E-state index is 0.0716. The highest BCUT2D eigenvalue weighted by Gasteiger charge is 2.29. The fraction of sp³-hybridized carbons (Fsp3) is 0.261. The summed E-state index contributed by atoms with van der Waals surface area (Å²) in [5, 5.41) is 19.6. The quantitative estimate of drug-likeness (QED) is 0.589. The molecule has 0 amide bonds. The van der Waals surface area contributed by atoms with E-state index in [-0.39, 0.29) is 6.04 Å². The summed E-state index contributed by atoms with van der Waals surface area (Å²) in [7, 11) is 0. The number of hydrogen-bond acceptors (Lipinski definition) is 4. The maximum Gasteiger partial charge on any atom is 0.204 e. The molecule has 2 heterocycles. The number of rotatable bonds is 4. The number of tetrazole rings is 1. The zero-order chi connectivity index (χ0) is 18.8. The molecule has 0 radical (unpaired) electrons. The molecule has 2 atom stereocenters. The molecule has 0 aliphatic carbocycles. The molecule has 1 aliphatic rings. The van der Waals surface area contributed by atoms with Crippen LogP contribution in [0.5, 0.6) is 0 Å². The third kappa shape index (κ3) is 3.29. The summed E-state index contributed by atoms with van der Waals surface area (Å²) in [6, 6.07) is 25.3. The van der Waals surface area contributed by atoms with Crippen molar-refractivity contribution in [3.63, 3.8) is 0 Å². The van der Waals surface area contributed by atoms with Gasteiger partial charge in [-0.05, 0) is 52.9 Å². The largest absolute Gasteiger partial charge is 0.316 e. The molecular formula is C23H23N5. The summed E-state index contributed by atoms with van der Waals surface area (Å²) in [4.78, 5) is 1.82. The molecule has 1 fully saturated rings. The van der Waals surface area contributed by atoms with Gasteiger partial charge in [-0.2, -0.15) is 4.80 Å². The van der Waals surface area contributed by atoms with E-state index in [4.69, 9.17) is 5.10 Å². The molecular weight excluding hydrogens is 346 g/mol. The van der Waals surface area contributed by atoms with Crippen molar-refractivity contribution in [3.05, 3.63) is 78.4 Å². The van der Waals surface area contributed by atoms with Gasteiger partial charge in [0.2, 0.25) is 5.82 Å². The summed E-state index contributed by atoms with van der Waals surface area (Å²) in [6.45, 7) is 2.06. The molecule has 3 aromatic carbocycles. The molecule has 5 heteroatoms. The van der Waals surface area contributed by atoms with Gasteiger partial charge in [-0.1, -0.05) is 66.7 Å². The van der Waals surface area contributed by atoms with Crippen LogP contribution in [0.3, 0.4) is 0 Å².